The second-order valence-electron chi connectivity index (χ2n) is 4.46. The second kappa shape index (κ2) is 6.07. The smallest absolute Gasteiger partial charge is 0.261 e. The zero-order valence-corrected chi connectivity index (χ0v) is 12.0. The molecule has 2 rings (SSSR count). The van der Waals surface area contributed by atoms with E-state index in [0.29, 0.717) is 11.3 Å². The van der Waals surface area contributed by atoms with E-state index in [1.807, 2.05) is 19.1 Å². The van der Waals surface area contributed by atoms with Crippen molar-refractivity contribution >= 4 is 15.7 Å². The summed E-state index contributed by atoms with van der Waals surface area (Å²) in [6.45, 7) is 1.86. The molecule has 4 nitrogen and oxygen atoms in total. The van der Waals surface area contributed by atoms with Crippen molar-refractivity contribution in [2.24, 2.45) is 0 Å². The number of aryl methyl sites for hydroxylation is 1. The van der Waals surface area contributed by atoms with Crippen LogP contribution in [0.25, 0.3) is 0 Å². The normalized spacial score (nSPS) is 11.3. The van der Waals surface area contributed by atoms with Gasteiger partial charge in [-0.2, -0.15) is 0 Å². The van der Waals surface area contributed by atoms with E-state index in [2.05, 4.69) is 4.72 Å². The number of aliphatic hydroxyl groups excluding tert-OH is 1. The van der Waals surface area contributed by atoms with E-state index >= 15 is 0 Å². The highest BCUT2D eigenvalue weighted by atomic mass is 32.2. The topological polar surface area (TPSA) is 66.4 Å². The minimum absolute atomic E-state index is 0.142. The average Bonchev–Trinajstić information content (AvgIpc) is 2.48. The lowest BCUT2D eigenvalue weighted by atomic mass is 10.2. The summed E-state index contributed by atoms with van der Waals surface area (Å²) in [5, 5.41) is 9.06. The molecular weight excluding hydrogens is 274 g/mol. The molecule has 0 fully saturated rings. The van der Waals surface area contributed by atoms with Crippen molar-refractivity contribution in [2.45, 2.75) is 24.8 Å². The zero-order chi connectivity index (χ0) is 14.6. The summed E-state index contributed by atoms with van der Waals surface area (Å²) in [6, 6.07) is 13.5. The highest BCUT2D eigenvalue weighted by Crippen LogP contribution is 2.18. The Balaban J connectivity index is 2.25. The van der Waals surface area contributed by atoms with Crippen LogP contribution in [0, 0.1) is 0 Å². The fraction of sp³-hybridized carbons (Fsp3) is 0.200. The predicted octanol–water partition coefficient (Wildman–Crippen LogP) is 2.54. The molecule has 0 aliphatic carbocycles. The number of rotatable bonds is 5. The third-order valence-corrected chi connectivity index (χ3v) is 4.38. The molecule has 2 aromatic carbocycles. The number of sulfonamides is 1. The molecule has 106 valence electrons. The van der Waals surface area contributed by atoms with Gasteiger partial charge in [-0.25, -0.2) is 8.42 Å². The number of benzene rings is 2. The molecule has 0 spiro atoms. The first kappa shape index (κ1) is 14.6. The number of aliphatic hydroxyl groups is 1. The number of anilines is 1. The van der Waals surface area contributed by atoms with E-state index in [1.165, 1.54) is 12.1 Å². The van der Waals surface area contributed by atoms with Crippen LogP contribution in [0.5, 0.6) is 0 Å². The van der Waals surface area contributed by atoms with E-state index in [9.17, 15) is 8.42 Å². The van der Waals surface area contributed by atoms with Gasteiger partial charge in [0.1, 0.15) is 0 Å². The summed E-state index contributed by atoms with van der Waals surface area (Å²) < 4.78 is 27.0. The Morgan fingerprint density at radius 1 is 1.05 bits per heavy atom. The average molecular weight is 291 g/mol. The number of hydrogen-bond donors (Lipinski definition) is 2. The third kappa shape index (κ3) is 3.37. The van der Waals surface area contributed by atoms with Gasteiger partial charge in [0.15, 0.2) is 0 Å². The van der Waals surface area contributed by atoms with Crippen LogP contribution >= 0.6 is 0 Å². The fourth-order valence-electron chi connectivity index (χ4n) is 1.83. The van der Waals surface area contributed by atoms with Crippen molar-refractivity contribution in [3.63, 3.8) is 0 Å². The van der Waals surface area contributed by atoms with Gasteiger partial charge in [0, 0.05) is 5.69 Å². The quantitative estimate of drug-likeness (QED) is 0.889. The first-order chi connectivity index (χ1) is 9.55. The Labute approximate surface area is 119 Å². The summed E-state index contributed by atoms with van der Waals surface area (Å²) in [7, 11) is -3.63. The van der Waals surface area contributed by atoms with Crippen molar-refractivity contribution in [1.82, 2.24) is 0 Å². The van der Waals surface area contributed by atoms with Crippen molar-refractivity contribution in [3.8, 4) is 0 Å². The van der Waals surface area contributed by atoms with Gasteiger partial charge >= 0.3 is 0 Å². The van der Waals surface area contributed by atoms with Gasteiger partial charge in [0.25, 0.3) is 10.0 Å². The van der Waals surface area contributed by atoms with Gasteiger partial charge in [-0.1, -0.05) is 31.2 Å². The first-order valence-corrected chi connectivity index (χ1v) is 7.85. The summed E-state index contributed by atoms with van der Waals surface area (Å²) in [5.41, 5.74) is 2.24. The number of nitrogens with one attached hydrogen (secondary N) is 1. The standard InChI is InChI=1S/C15H17NO3S/c1-2-12-6-8-14(9-7-12)16-20(18,19)15-5-3-4-13(10-15)11-17/h3-10,16-17H,2,11H2,1H3. The molecule has 2 N–H and O–H groups in total. The van der Waals surface area contributed by atoms with Gasteiger partial charge in [0.05, 0.1) is 11.5 Å². The van der Waals surface area contributed by atoms with Crippen LogP contribution < -0.4 is 4.72 Å². The largest absolute Gasteiger partial charge is 0.392 e. The fourth-order valence-corrected chi connectivity index (χ4v) is 2.96. The summed E-state index contributed by atoms with van der Waals surface area (Å²) >= 11 is 0. The van der Waals surface area contributed by atoms with Crippen LogP contribution in [0.4, 0.5) is 5.69 Å². The molecular formula is C15H17NO3S. The Hall–Kier alpha value is -1.85. The molecule has 0 aliphatic rings. The Morgan fingerprint density at radius 2 is 1.75 bits per heavy atom. The number of hydrogen-bond acceptors (Lipinski definition) is 3. The van der Waals surface area contributed by atoms with Crippen molar-refractivity contribution < 1.29 is 13.5 Å². The summed E-state index contributed by atoms with van der Waals surface area (Å²) in [5.74, 6) is 0. The monoisotopic (exact) mass is 291 g/mol. The van der Waals surface area contributed by atoms with Gasteiger partial charge in [-0.15, -0.1) is 0 Å². The summed E-state index contributed by atoms with van der Waals surface area (Å²) in [4.78, 5) is 0.142. The van der Waals surface area contributed by atoms with E-state index in [-0.39, 0.29) is 11.5 Å². The van der Waals surface area contributed by atoms with E-state index < -0.39 is 10.0 Å². The van der Waals surface area contributed by atoms with Gasteiger partial charge in [-0.05, 0) is 41.8 Å². The van der Waals surface area contributed by atoms with Crippen LogP contribution in [0.2, 0.25) is 0 Å². The van der Waals surface area contributed by atoms with Gasteiger partial charge in [-0.3, -0.25) is 4.72 Å². The maximum absolute atomic E-state index is 12.2. The van der Waals surface area contributed by atoms with Crippen molar-refractivity contribution in [1.29, 1.82) is 0 Å². The van der Waals surface area contributed by atoms with Crippen LogP contribution in [-0.4, -0.2) is 13.5 Å². The van der Waals surface area contributed by atoms with E-state index in [1.54, 1.807) is 24.3 Å². The lowest BCUT2D eigenvalue weighted by molar-refractivity contribution is 0.281. The zero-order valence-electron chi connectivity index (χ0n) is 11.2. The van der Waals surface area contributed by atoms with Crippen LogP contribution in [0.1, 0.15) is 18.1 Å². The second-order valence-corrected chi connectivity index (χ2v) is 6.14. The molecule has 0 saturated carbocycles. The van der Waals surface area contributed by atoms with Gasteiger partial charge < -0.3 is 5.11 Å². The van der Waals surface area contributed by atoms with Crippen LogP contribution in [-0.2, 0) is 23.1 Å². The maximum Gasteiger partial charge on any atom is 0.261 e. The maximum atomic E-state index is 12.2. The molecule has 0 unspecified atom stereocenters. The molecule has 5 heteroatoms. The molecule has 0 aromatic heterocycles. The molecule has 0 atom stereocenters. The predicted molar refractivity (Wildman–Crippen MR) is 79.0 cm³/mol. The molecule has 0 saturated heterocycles. The van der Waals surface area contributed by atoms with Crippen molar-refractivity contribution in [3.05, 3.63) is 59.7 Å². The molecule has 2 aromatic rings. The molecule has 0 amide bonds. The van der Waals surface area contributed by atoms with E-state index in [4.69, 9.17) is 5.11 Å². The Bertz CT molecular complexity index is 679. The first-order valence-electron chi connectivity index (χ1n) is 6.36. The minimum Gasteiger partial charge on any atom is -0.392 e. The van der Waals surface area contributed by atoms with Gasteiger partial charge in [0.2, 0.25) is 0 Å². The third-order valence-electron chi connectivity index (χ3n) is 3.01. The lowest BCUT2D eigenvalue weighted by Gasteiger charge is -2.09. The van der Waals surface area contributed by atoms with Crippen LogP contribution in [0.3, 0.4) is 0 Å². The highest BCUT2D eigenvalue weighted by Gasteiger charge is 2.14. The molecule has 0 bridgehead atoms. The summed E-state index contributed by atoms with van der Waals surface area (Å²) in [6.07, 6.45) is 0.908. The SMILES string of the molecule is CCc1ccc(NS(=O)(=O)c2cccc(CO)c2)cc1. The molecule has 20 heavy (non-hydrogen) atoms. The lowest BCUT2D eigenvalue weighted by Crippen LogP contribution is -2.13. The Kier molecular flexibility index (Phi) is 4.42. The molecule has 0 heterocycles. The van der Waals surface area contributed by atoms with Crippen molar-refractivity contribution in [2.75, 3.05) is 4.72 Å². The molecule has 0 radical (unpaired) electrons. The minimum atomic E-state index is -3.63. The van der Waals surface area contributed by atoms with E-state index in [0.717, 1.165) is 12.0 Å². The molecule has 0 aliphatic heterocycles. The Morgan fingerprint density at radius 3 is 2.35 bits per heavy atom. The van der Waals surface area contributed by atoms with Crippen LogP contribution in [0.15, 0.2) is 53.4 Å². The highest BCUT2D eigenvalue weighted by molar-refractivity contribution is 7.92.